The van der Waals surface area contributed by atoms with Crippen LogP contribution >= 0.6 is 69.8 Å². The van der Waals surface area contributed by atoms with Crippen molar-refractivity contribution in [3.8, 4) is 49.4 Å². The minimum atomic E-state index is -1.04. The zero-order valence-corrected chi connectivity index (χ0v) is 42.2. The number of thiophene rings is 4. The number of fused-ring (bicyclic) bond motifs is 2. The number of isothiocyanates is 2. The van der Waals surface area contributed by atoms with E-state index in [1.165, 1.54) is 161 Å². The van der Waals surface area contributed by atoms with E-state index in [1.807, 2.05) is 57.7 Å². The molecule has 1 N–H and O–H groups in total. The number of carbonyl (C=O) groups excluding carboxylic acids is 1. The first-order valence-electron chi connectivity index (χ1n) is 20.5. The summed E-state index contributed by atoms with van der Waals surface area (Å²) in [7, 11) is 0. The molecule has 0 saturated carbocycles. The van der Waals surface area contributed by atoms with Crippen molar-refractivity contribution in [2.24, 2.45) is 0 Å². The molecule has 8 aromatic rings. The van der Waals surface area contributed by atoms with Crippen molar-refractivity contribution in [1.82, 2.24) is 19.9 Å². The zero-order chi connectivity index (χ0) is 45.7. The average Bonchev–Trinajstić information content (AvgIpc) is 4.09. The van der Waals surface area contributed by atoms with Gasteiger partial charge in [-0.05, 0) is 104 Å². The number of unbranched alkanes of at least 4 members (excludes halogenated alkanes) is 6. The van der Waals surface area contributed by atoms with Crippen LogP contribution in [-0.2, 0) is 37.1 Å². The smallest absolute Gasteiger partial charge is 0.753 e. The van der Waals surface area contributed by atoms with Crippen molar-refractivity contribution in [3.63, 3.8) is 0 Å². The van der Waals surface area contributed by atoms with Crippen molar-refractivity contribution in [1.29, 1.82) is 0 Å². The van der Waals surface area contributed by atoms with Crippen LogP contribution in [0.15, 0.2) is 97.6 Å². The van der Waals surface area contributed by atoms with Gasteiger partial charge >= 0.3 is 25.4 Å². The number of rotatable bonds is 17. The van der Waals surface area contributed by atoms with Crippen LogP contribution in [0.4, 0.5) is 0 Å². The SMILES string of the molecule is CCCCCCc1cc2sc(-c3ccnc(-c4cc(-c5cc6sc(CCCCCC)cc6s5)ccn4)c3)cc2s1.O=COc1ccnc(-c2cc(C(=O)O)ccn2)c1.[N-]=C=S.[N-]=C=S.[Ru+2]. The van der Waals surface area contributed by atoms with E-state index in [-0.39, 0.29) is 25.0 Å². The number of hydrogen-bond donors (Lipinski definition) is 1. The summed E-state index contributed by atoms with van der Waals surface area (Å²) < 4.78 is 10.3. The summed E-state index contributed by atoms with van der Waals surface area (Å²) >= 11 is 15.1. The Balaban J connectivity index is 0.000000309. The van der Waals surface area contributed by atoms with Crippen molar-refractivity contribution in [2.75, 3.05) is 0 Å². The van der Waals surface area contributed by atoms with Crippen molar-refractivity contribution in [3.05, 3.63) is 124 Å². The number of thiocarbonyl (C=S) groups is 2. The number of aromatic carboxylic acids is 1. The molecule has 65 heavy (non-hydrogen) atoms. The van der Waals surface area contributed by atoms with Crippen LogP contribution in [0.25, 0.3) is 73.3 Å². The molecule has 17 heteroatoms. The van der Waals surface area contributed by atoms with Gasteiger partial charge < -0.3 is 20.7 Å². The van der Waals surface area contributed by atoms with Gasteiger partial charge in [0.15, 0.2) is 0 Å². The third-order valence-corrected chi connectivity index (χ3v) is 14.4. The molecular formula is C48H44N6O4RuS6. The number of ether oxygens (including phenoxy) is 1. The molecule has 8 rings (SSSR count). The minimum absolute atomic E-state index is 0. The summed E-state index contributed by atoms with van der Waals surface area (Å²) in [4.78, 5) is 44.2. The minimum Gasteiger partial charge on any atom is -0.753 e. The second-order valence-corrected chi connectivity index (χ2v) is 19.0. The second kappa shape index (κ2) is 28.2. The van der Waals surface area contributed by atoms with Gasteiger partial charge in [0, 0.05) is 69.2 Å². The first kappa shape index (κ1) is 52.7. The Morgan fingerprint density at radius 3 is 1.46 bits per heavy atom. The molecule has 0 atom stereocenters. The molecule has 10 nitrogen and oxygen atoms in total. The number of hydrogen-bond acceptors (Lipinski definition) is 13. The summed E-state index contributed by atoms with van der Waals surface area (Å²) in [6, 6.07) is 24.0. The Morgan fingerprint density at radius 2 is 1.03 bits per heavy atom. The van der Waals surface area contributed by atoms with E-state index < -0.39 is 5.97 Å². The Bertz CT molecular complexity index is 2640. The van der Waals surface area contributed by atoms with Crippen LogP contribution in [0.2, 0.25) is 0 Å². The molecule has 0 amide bonds. The topological polar surface area (TPSA) is 160 Å². The molecule has 8 heterocycles. The van der Waals surface area contributed by atoms with E-state index >= 15 is 0 Å². The van der Waals surface area contributed by atoms with Crippen LogP contribution in [0.5, 0.6) is 5.75 Å². The Hall–Kier alpha value is -4.92. The fourth-order valence-corrected chi connectivity index (χ4v) is 11.5. The van der Waals surface area contributed by atoms with Crippen LogP contribution in [0.1, 0.15) is 85.3 Å². The van der Waals surface area contributed by atoms with E-state index in [0.717, 1.165) is 11.4 Å². The molecule has 0 aliphatic rings. The van der Waals surface area contributed by atoms with E-state index in [4.69, 9.17) is 25.9 Å². The average molecular weight is 1060 g/mol. The van der Waals surface area contributed by atoms with Crippen LogP contribution < -0.4 is 4.74 Å². The maximum Gasteiger partial charge on any atom is 2.00 e. The number of aryl methyl sites for hydroxylation is 2. The van der Waals surface area contributed by atoms with Gasteiger partial charge in [-0.15, -0.1) is 45.3 Å². The summed E-state index contributed by atoms with van der Waals surface area (Å²) in [5, 5.41) is 25.8. The predicted octanol–water partition coefficient (Wildman–Crippen LogP) is 15.0. The number of aromatic nitrogens is 4. The van der Waals surface area contributed by atoms with Gasteiger partial charge in [-0.2, -0.15) is 10.3 Å². The predicted molar refractivity (Wildman–Crippen MR) is 274 cm³/mol. The van der Waals surface area contributed by atoms with Crippen LogP contribution in [0, 0.1) is 0 Å². The fraction of sp³-hybridized carbons (Fsp3) is 0.250. The molecule has 0 unspecified atom stereocenters. The zero-order valence-electron chi connectivity index (χ0n) is 35.5. The Kier molecular flexibility index (Phi) is 22.9. The number of carboxylic acids is 1. The molecular weight excluding hydrogens is 1020 g/mol. The van der Waals surface area contributed by atoms with Gasteiger partial charge in [0.05, 0.1) is 28.3 Å². The Labute approximate surface area is 418 Å². The van der Waals surface area contributed by atoms with Crippen molar-refractivity contribution in [2.45, 2.75) is 78.1 Å². The molecule has 334 valence electrons. The third-order valence-electron chi connectivity index (χ3n) is 9.61. The first-order valence-corrected chi connectivity index (χ1v) is 24.6. The van der Waals surface area contributed by atoms with E-state index in [2.05, 4.69) is 102 Å². The summed E-state index contributed by atoms with van der Waals surface area (Å²) in [6.45, 7) is 4.85. The molecule has 0 bridgehead atoms. The van der Waals surface area contributed by atoms with E-state index in [0.29, 0.717) is 23.6 Å². The number of carboxylic acid groups (broad SMARTS) is 1. The summed E-state index contributed by atoms with van der Waals surface area (Å²) in [5.41, 5.74) is 5.24. The first-order chi connectivity index (χ1) is 31.2. The molecule has 0 saturated heterocycles. The summed E-state index contributed by atoms with van der Waals surface area (Å²) in [5.74, 6) is -0.725. The second-order valence-electron chi connectivity index (χ2n) is 14.1. The normalized spacial score (nSPS) is 10.2. The molecule has 0 fully saturated rings. The van der Waals surface area contributed by atoms with Gasteiger partial charge in [-0.3, -0.25) is 24.7 Å². The molecule has 0 aliphatic carbocycles. The molecule has 8 aromatic heterocycles. The number of carbonyl (C=O) groups is 2. The standard InChI is InChI=1S/C34H36N2S4.C12H8N2O4.2CNS.Ru/c1-3-5-7-9-11-25-19-31-33(37-25)21-29(39-31)23-13-15-35-27(17-23)28-18-24(14-16-36-28)30-22-34-32(40-30)20-26(38-34)12-10-8-6-4-2;15-7-18-9-2-4-14-11(6-9)10-5-8(12(16)17)1-3-13-10;2*2-1-3;/h13-22H,3-12H2,1-2H3;1-7H,(H,16,17);;;/q;;2*-1;+2. The maximum absolute atomic E-state index is 10.8. The van der Waals surface area contributed by atoms with Gasteiger partial charge in [-0.25, -0.2) is 4.79 Å². The maximum atomic E-state index is 10.8. The third kappa shape index (κ3) is 15.9. The summed E-state index contributed by atoms with van der Waals surface area (Å²) in [6.07, 6.45) is 19.7. The molecule has 0 radical (unpaired) electrons. The number of pyridine rings is 4. The van der Waals surface area contributed by atoms with Crippen molar-refractivity contribution < 1.29 is 38.9 Å². The van der Waals surface area contributed by atoms with Crippen LogP contribution in [0.3, 0.4) is 0 Å². The fourth-order valence-electron chi connectivity index (χ4n) is 6.59. The Morgan fingerprint density at radius 1 is 0.615 bits per heavy atom. The molecule has 0 aliphatic heterocycles. The van der Waals surface area contributed by atoms with E-state index in [1.54, 1.807) is 0 Å². The van der Waals surface area contributed by atoms with E-state index in [9.17, 15) is 9.59 Å². The van der Waals surface area contributed by atoms with Gasteiger partial charge in [0.25, 0.3) is 6.47 Å². The van der Waals surface area contributed by atoms with Crippen LogP contribution in [-0.4, -0.2) is 47.8 Å². The monoisotopic (exact) mass is 1060 g/mol. The van der Waals surface area contributed by atoms with Crippen molar-refractivity contribution >= 4 is 111 Å². The quantitative estimate of drug-likeness (QED) is 0.0306. The van der Waals surface area contributed by atoms with Gasteiger partial charge in [0.2, 0.25) is 0 Å². The van der Waals surface area contributed by atoms with Gasteiger partial charge in [-0.1, -0.05) is 76.8 Å². The molecule has 0 spiro atoms. The largest absolute Gasteiger partial charge is 2.00 e. The number of nitrogens with zero attached hydrogens (tertiary/aromatic N) is 6. The molecule has 0 aromatic carbocycles. The van der Waals surface area contributed by atoms with Gasteiger partial charge in [0.1, 0.15) is 5.75 Å².